The van der Waals surface area contributed by atoms with Crippen molar-refractivity contribution >= 4 is 23.5 Å². The summed E-state index contributed by atoms with van der Waals surface area (Å²) in [5.41, 5.74) is -0.653. The van der Waals surface area contributed by atoms with E-state index in [1.165, 1.54) is 0 Å². The van der Waals surface area contributed by atoms with Crippen LogP contribution in [-0.2, 0) is 16.0 Å². The number of carboxylic acids is 1. The van der Waals surface area contributed by atoms with Crippen molar-refractivity contribution in [3.05, 3.63) is 34.9 Å². The quantitative estimate of drug-likeness (QED) is 0.887. The van der Waals surface area contributed by atoms with Crippen molar-refractivity contribution in [2.45, 2.75) is 31.3 Å². The van der Waals surface area contributed by atoms with Crippen molar-refractivity contribution in [3.63, 3.8) is 0 Å². The largest absolute Gasteiger partial charge is 0.479 e. The molecule has 1 saturated heterocycles. The number of amides is 1. The van der Waals surface area contributed by atoms with Gasteiger partial charge in [-0.2, -0.15) is 0 Å². The van der Waals surface area contributed by atoms with E-state index in [4.69, 9.17) is 16.7 Å². The molecule has 0 aliphatic carbocycles. The second-order valence-corrected chi connectivity index (χ2v) is 5.78. The molecular weight excluding hydrogens is 294 g/mol. The highest BCUT2D eigenvalue weighted by molar-refractivity contribution is 6.30. The van der Waals surface area contributed by atoms with Gasteiger partial charge in [0.05, 0.1) is 0 Å². The Morgan fingerprint density at radius 3 is 2.29 bits per heavy atom. The molecule has 6 heteroatoms. The maximum Gasteiger partial charge on any atom is 0.335 e. The van der Waals surface area contributed by atoms with Crippen LogP contribution in [0.4, 0.5) is 0 Å². The zero-order chi connectivity index (χ0) is 15.5. The molecular formula is C15H18ClNO4. The molecule has 0 saturated carbocycles. The van der Waals surface area contributed by atoms with E-state index < -0.39 is 11.6 Å². The highest BCUT2D eigenvalue weighted by atomic mass is 35.5. The smallest absolute Gasteiger partial charge is 0.335 e. The van der Waals surface area contributed by atoms with Crippen LogP contribution in [0.25, 0.3) is 0 Å². The van der Waals surface area contributed by atoms with Gasteiger partial charge in [0.1, 0.15) is 0 Å². The fourth-order valence-electron chi connectivity index (χ4n) is 2.40. The number of aliphatic carboxylic acids is 1. The van der Waals surface area contributed by atoms with Crippen LogP contribution < -0.4 is 0 Å². The van der Waals surface area contributed by atoms with Crippen molar-refractivity contribution in [1.82, 2.24) is 4.90 Å². The Kier molecular flexibility index (Phi) is 4.85. The second kappa shape index (κ2) is 6.45. The second-order valence-electron chi connectivity index (χ2n) is 5.34. The van der Waals surface area contributed by atoms with Gasteiger partial charge in [0.25, 0.3) is 0 Å². The van der Waals surface area contributed by atoms with Crippen molar-refractivity contribution in [1.29, 1.82) is 0 Å². The molecule has 1 aliphatic rings. The van der Waals surface area contributed by atoms with Crippen LogP contribution in [0.2, 0.25) is 5.02 Å². The van der Waals surface area contributed by atoms with Crippen LogP contribution in [0.3, 0.4) is 0 Å². The first-order chi connectivity index (χ1) is 9.90. The summed E-state index contributed by atoms with van der Waals surface area (Å²) in [6.45, 7) is 0.560. The Balaban J connectivity index is 1.82. The summed E-state index contributed by atoms with van der Waals surface area (Å²) in [7, 11) is 0. The van der Waals surface area contributed by atoms with Gasteiger partial charge in [-0.15, -0.1) is 0 Å². The van der Waals surface area contributed by atoms with Gasteiger partial charge in [0.2, 0.25) is 5.91 Å². The summed E-state index contributed by atoms with van der Waals surface area (Å²) in [5.74, 6) is -1.23. The Morgan fingerprint density at radius 1 is 1.19 bits per heavy atom. The van der Waals surface area contributed by atoms with Gasteiger partial charge in [0, 0.05) is 37.4 Å². The predicted octanol–water partition coefficient (Wildman–Crippen LogP) is 1.71. The van der Waals surface area contributed by atoms with Gasteiger partial charge in [-0.3, -0.25) is 4.79 Å². The van der Waals surface area contributed by atoms with E-state index in [0.29, 0.717) is 17.9 Å². The molecule has 0 spiro atoms. The summed E-state index contributed by atoms with van der Waals surface area (Å²) >= 11 is 5.80. The third-order valence-electron chi connectivity index (χ3n) is 3.88. The minimum Gasteiger partial charge on any atom is -0.479 e. The normalized spacial score (nSPS) is 17.5. The van der Waals surface area contributed by atoms with Gasteiger partial charge in [-0.1, -0.05) is 23.7 Å². The number of rotatable bonds is 4. The highest BCUT2D eigenvalue weighted by Crippen LogP contribution is 2.23. The number of aliphatic hydroxyl groups is 1. The maximum atomic E-state index is 12.1. The number of hydrogen-bond donors (Lipinski definition) is 2. The van der Waals surface area contributed by atoms with Crippen LogP contribution in [0.5, 0.6) is 0 Å². The predicted molar refractivity (Wildman–Crippen MR) is 78.2 cm³/mol. The molecule has 2 rings (SSSR count). The van der Waals surface area contributed by atoms with Gasteiger partial charge in [-0.25, -0.2) is 4.79 Å². The van der Waals surface area contributed by atoms with Gasteiger partial charge in [-0.05, 0) is 24.1 Å². The number of piperidine rings is 1. The van der Waals surface area contributed by atoms with Crippen LogP contribution in [0.15, 0.2) is 24.3 Å². The average molecular weight is 312 g/mol. The summed E-state index contributed by atoms with van der Waals surface area (Å²) in [4.78, 5) is 24.6. The first kappa shape index (κ1) is 15.8. The molecule has 0 aromatic heterocycles. The lowest BCUT2D eigenvalue weighted by Crippen LogP contribution is -2.50. The van der Waals surface area contributed by atoms with E-state index in [9.17, 15) is 14.7 Å². The van der Waals surface area contributed by atoms with Crippen LogP contribution in [0.1, 0.15) is 24.8 Å². The number of carboxylic acid groups (broad SMARTS) is 1. The van der Waals surface area contributed by atoms with Crippen LogP contribution in [-0.4, -0.2) is 45.7 Å². The third-order valence-corrected chi connectivity index (χ3v) is 4.13. The minimum atomic E-state index is -1.69. The van der Waals surface area contributed by atoms with Crippen molar-refractivity contribution in [2.24, 2.45) is 0 Å². The van der Waals surface area contributed by atoms with E-state index in [1.807, 2.05) is 12.1 Å². The summed E-state index contributed by atoms with van der Waals surface area (Å²) in [6.07, 6.45) is 1.15. The monoisotopic (exact) mass is 311 g/mol. The minimum absolute atomic E-state index is 0.0163. The molecule has 0 atom stereocenters. The average Bonchev–Trinajstić information content (AvgIpc) is 2.47. The maximum absolute atomic E-state index is 12.1. The fraction of sp³-hybridized carbons (Fsp3) is 0.467. The molecule has 21 heavy (non-hydrogen) atoms. The molecule has 5 nitrogen and oxygen atoms in total. The molecule has 0 bridgehead atoms. The van der Waals surface area contributed by atoms with Crippen LogP contribution >= 0.6 is 11.6 Å². The molecule has 1 aliphatic heterocycles. The van der Waals surface area contributed by atoms with Gasteiger partial charge < -0.3 is 15.1 Å². The Bertz CT molecular complexity index is 521. The number of nitrogens with zero attached hydrogens (tertiary/aromatic N) is 1. The molecule has 114 valence electrons. The summed E-state index contributed by atoms with van der Waals surface area (Å²) in [6, 6.07) is 7.34. The van der Waals surface area contributed by atoms with Crippen molar-refractivity contribution < 1.29 is 19.8 Å². The zero-order valence-electron chi connectivity index (χ0n) is 11.6. The third kappa shape index (κ3) is 3.95. The van der Waals surface area contributed by atoms with Gasteiger partial charge >= 0.3 is 5.97 Å². The van der Waals surface area contributed by atoms with Crippen LogP contribution in [0, 0.1) is 0 Å². The standard InChI is InChI=1S/C15H18ClNO4/c16-12-4-1-11(2-5-12)3-6-13(18)17-9-7-15(21,8-10-17)14(19)20/h1-2,4-5,21H,3,6-10H2,(H,19,20). The van der Waals surface area contributed by atoms with Crippen molar-refractivity contribution in [3.8, 4) is 0 Å². The topological polar surface area (TPSA) is 77.8 Å². The first-order valence-electron chi connectivity index (χ1n) is 6.89. The lowest BCUT2D eigenvalue weighted by Gasteiger charge is -2.35. The number of likely N-dealkylation sites (tertiary alicyclic amines) is 1. The number of benzene rings is 1. The van der Waals surface area contributed by atoms with Crippen molar-refractivity contribution in [2.75, 3.05) is 13.1 Å². The highest BCUT2D eigenvalue weighted by Gasteiger charge is 2.40. The molecule has 1 aromatic rings. The molecule has 0 unspecified atom stereocenters. The lowest BCUT2D eigenvalue weighted by atomic mass is 9.91. The van der Waals surface area contributed by atoms with E-state index in [-0.39, 0.29) is 31.8 Å². The lowest BCUT2D eigenvalue weighted by molar-refractivity contribution is -0.165. The first-order valence-corrected chi connectivity index (χ1v) is 7.26. The number of halogens is 1. The fourth-order valence-corrected chi connectivity index (χ4v) is 2.53. The van der Waals surface area contributed by atoms with E-state index in [0.717, 1.165) is 5.56 Å². The molecule has 1 heterocycles. The molecule has 1 amide bonds. The zero-order valence-corrected chi connectivity index (χ0v) is 12.3. The molecule has 1 fully saturated rings. The molecule has 0 radical (unpaired) electrons. The summed E-state index contributed by atoms with van der Waals surface area (Å²) in [5, 5.41) is 19.4. The number of carbonyl (C=O) groups excluding carboxylic acids is 1. The number of carbonyl (C=O) groups is 2. The Hall–Kier alpha value is -1.59. The van der Waals surface area contributed by atoms with Gasteiger partial charge in [0.15, 0.2) is 5.60 Å². The molecule has 2 N–H and O–H groups in total. The number of hydrogen-bond acceptors (Lipinski definition) is 3. The SMILES string of the molecule is O=C(CCc1ccc(Cl)cc1)N1CCC(O)(C(=O)O)CC1. The van der Waals surface area contributed by atoms with E-state index in [2.05, 4.69) is 0 Å². The Morgan fingerprint density at radius 2 is 1.76 bits per heavy atom. The Labute approximate surface area is 128 Å². The van der Waals surface area contributed by atoms with E-state index in [1.54, 1.807) is 17.0 Å². The molecule has 1 aromatic carbocycles. The number of aryl methyl sites for hydroxylation is 1. The van der Waals surface area contributed by atoms with E-state index >= 15 is 0 Å². The summed E-state index contributed by atoms with van der Waals surface area (Å²) < 4.78 is 0.